The van der Waals surface area contributed by atoms with E-state index in [9.17, 15) is 19.2 Å². The van der Waals surface area contributed by atoms with E-state index >= 15 is 0 Å². The van der Waals surface area contributed by atoms with Gasteiger partial charge in [0, 0.05) is 12.6 Å². The topological polar surface area (TPSA) is 118 Å². The number of piperidine rings is 1. The highest BCUT2D eigenvalue weighted by atomic mass is 16.7. The second kappa shape index (κ2) is 14.5. The average Bonchev–Trinajstić information content (AvgIpc) is 2.87. The molecular formula is C34H59NO9. The second-order valence-electron chi connectivity index (χ2n) is 16.4. The van der Waals surface area contributed by atoms with Crippen molar-refractivity contribution in [3.63, 3.8) is 0 Å². The van der Waals surface area contributed by atoms with Gasteiger partial charge in [0.2, 0.25) is 0 Å². The van der Waals surface area contributed by atoms with Crippen LogP contribution in [0.5, 0.6) is 0 Å². The minimum atomic E-state index is -1.22. The Morgan fingerprint density at radius 1 is 0.659 bits per heavy atom. The van der Waals surface area contributed by atoms with Crippen LogP contribution in [0.4, 0.5) is 0 Å². The van der Waals surface area contributed by atoms with Crippen molar-refractivity contribution in [1.29, 1.82) is 0 Å². The molecule has 0 aromatic rings. The van der Waals surface area contributed by atoms with Gasteiger partial charge in [0.15, 0.2) is 24.5 Å². The van der Waals surface area contributed by atoms with Gasteiger partial charge in [0.1, 0.15) is 12.7 Å². The molecule has 0 amide bonds. The predicted octanol–water partition coefficient (Wildman–Crippen LogP) is 5.83. The molecular weight excluding hydrogens is 566 g/mol. The summed E-state index contributed by atoms with van der Waals surface area (Å²) in [6, 6.07) is 0.139. The Kier molecular flexibility index (Phi) is 12.5. The van der Waals surface area contributed by atoms with Gasteiger partial charge in [-0.15, -0.1) is 0 Å². The molecule has 10 heteroatoms. The van der Waals surface area contributed by atoms with Crippen LogP contribution >= 0.6 is 0 Å². The SMILES string of the molecule is CCC[C@H]1CCCCN1[C@@H]1O[C@H](COC(=O)C(C)(C)C)[C@H](OC(=O)C(C)(C)C)[C@H](OC(=O)C(C)(C)C)[C@H]1OC(=O)C(C)(C)C. The molecule has 2 saturated heterocycles. The van der Waals surface area contributed by atoms with Crippen LogP contribution in [0.3, 0.4) is 0 Å². The van der Waals surface area contributed by atoms with E-state index in [2.05, 4.69) is 11.8 Å². The minimum absolute atomic E-state index is 0.139. The summed E-state index contributed by atoms with van der Waals surface area (Å²) in [6.07, 6.45) is -0.628. The van der Waals surface area contributed by atoms with Crippen LogP contribution in [-0.2, 0) is 42.9 Å². The van der Waals surface area contributed by atoms with Crippen LogP contribution in [0, 0.1) is 21.7 Å². The summed E-state index contributed by atoms with van der Waals surface area (Å²) in [5, 5.41) is 0. The fourth-order valence-corrected chi connectivity index (χ4v) is 4.97. The minimum Gasteiger partial charge on any atom is -0.462 e. The van der Waals surface area contributed by atoms with E-state index < -0.39 is 76.2 Å². The van der Waals surface area contributed by atoms with E-state index in [0.29, 0.717) is 6.54 Å². The molecule has 2 aliphatic rings. The number of hydrogen-bond donors (Lipinski definition) is 0. The molecule has 0 aromatic heterocycles. The number of carbonyl (C=O) groups is 4. The Morgan fingerprint density at radius 3 is 1.57 bits per heavy atom. The molecule has 0 unspecified atom stereocenters. The highest BCUT2D eigenvalue weighted by Crippen LogP contribution is 2.37. The average molecular weight is 626 g/mol. The standard InChI is InChI=1S/C34H59NO9/c1-14-17-21-18-15-16-19-35(21)26-25(44-30(39)34(11,12)13)24(43-29(38)33(8,9)10)23(42-28(37)32(5,6)7)22(41-26)20-40-27(36)31(2,3)4/h21-26H,14-20H2,1-13H3/t21-,22+,23-,24-,25+,26+/m0/s1. The molecule has 10 nitrogen and oxygen atoms in total. The van der Waals surface area contributed by atoms with Crippen molar-refractivity contribution < 1.29 is 42.9 Å². The molecule has 0 aromatic carbocycles. The third-order valence-corrected chi connectivity index (χ3v) is 7.79. The van der Waals surface area contributed by atoms with Gasteiger partial charge in [0.25, 0.3) is 0 Å². The lowest BCUT2D eigenvalue weighted by atomic mass is 9.90. The van der Waals surface area contributed by atoms with Gasteiger partial charge >= 0.3 is 23.9 Å². The van der Waals surface area contributed by atoms with Gasteiger partial charge in [-0.1, -0.05) is 19.8 Å². The van der Waals surface area contributed by atoms with E-state index in [1.54, 1.807) is 83.1 Å². The zero-order valence-electron chi connectivity index (χ0n) is 29.5. The van der Waals surface area contributed by atoms with Crippen molar-refractivity contribution in [3.05, 3.63) is 0 Å². The Hall–Kier alpha value is -2.20. The summed E-state index contributed by atoms with van der Waals surface area (Å²) in [6.45, 7) is 23.4. The first kappa shape index (κ1) is 38.0. The van der Waals surface area contributed by atoms with Crippen LogP contribution in [-0.4, -0.2) is 78.6 Å². The molecule has 0 spiro atoms. The molecule has 2 fully saturated rings. The maximum absolute atomic E-state index is 13.5. The second-order valence-corrected chi connectivity index (χ2v) is 16.4. The Bertz CT molecular complexity index is 1010. The first-order valence-electron chi connectivity index (χ1n) is 16.2. The number of carbonyl (C=O) groups excluding carboxylic acids is 4. The predicted molar refractivity (Wildman–Crippen MR) is 166 cm³/mol. The summed E-state index contributed by atoms with van der Waals surface area (Å²) in [5.41, 5.74) is -3.47. The summed E-state index contributed by atoms with van der Waals surface area (Å²) in [7, 11) is 0. The molecule has 2 heterocycles. The lowest BCUT2D eigenvalue weighted by Crippen LogP contribution is -2.68. The fraction of sp³-hybridized carbons (Fsp3) is 0.882. The third-order valence-electron chi connectivity index (χ3n) is 7.79. The Labute approximate surface area is 265 Å². The smallest absolute Gasteiger partial charge is 0.311 e. The van der Waals surface area contributed by atoms with E-state index in [1.807, 2.05) is 0 Å². The summed E-state index contributed by atoms with van der Waals surface area (Å²) in [5.74, 6) is -2.07. The van der Waals surface area contributed by atoms with E-state index in [1.165, 1.54) is 0 Å². The van der Waals surface area contributed by atoms with Crippen molar-refractivity contribution >= 4 is 23.9 Å². The number of likely N-dealkylation sites (tertiary alicyclic amines) is 1. The number of ether oxygens (including phenoxy) is 5. The first-order chi connectivity index (χ1) is 20.0. The molecule has 2 rings (SSSR count). The van der Waals surface area contributed by atoms with Gasteiger partial charge in [-0.2, -0.15) is 0 Å². The molecule has 44 heavy (non-hydrogen) atoms. The maximum atomic E-state index is 13.5. The normalized spacial score (nSPS) is 27.3. The maximum Gasteiger partial charge on any atom is 0.311 e. The number of nitrogens with zero attached hydrogens (tertiary/aromatic N) is 1. The van der Waals surface area contributed by atoms with Crippen LogP contribution in [0.25, 0.3) is 0 Å². The number of hydrogen-bond acceptors (Lipinski definition) is 10. The molecule has 0 radical (unpaired) electrons. The van der Waals surface area contributed by atoms with Crippen LogP contribution in [0.15, 0.2) is 0 Å². The highest BCUT2D eigenvalue weighted by molar-refractivity contribution is 5.78. The Morgan fingerprint density at radius 2 is 1.11 bits per heavy atom. The van der Waals surface area contributed by atoms with Crippen molar-refractivity contribution in [2.24, 2.45) is 21.7 Å². The van der Waals surface area contributed by atoms with Crippen molar-refractivity contribution in [3.8, 4) is 0 Å². The fourth-order valence-electron chi connectivity index (χ4n) is 4.97. The Balaban J connectivity index is 2.75. The van der Waals surface area contributed by atoms with Crippen molar-refractivity contribution in [2.75, 3.05) is 13.2 Å². The lowest BCUT2D eigenvalue weighted by molar-refractivity contribution is -0.289. The third kappa shape index (κ3) is 10.2. The van der Waals surface area contributed by atoms with Crippen LogP contribution < -0.4 is 0 Å². The largest absolute Gasteiger partial charge is 0.462 e. The zero-order chi connectivity index (χ0) is 33.8. The zero-order valence-corrected chi connectivity index (χ0v) is 29.5. The van der Waals surface area contributed by atoms with Gasteiger partial charge in [-0.25, -0.2) is 0 Å². The molecule has 6 atom stereocenters. The van der Waals surface area contributed by atoms with E-state index in [-0.39, 0.29) is 12.6 Å². The van der Waals surface area contributed by atoms with Crippen molar-refractivity contribution in [1.82, 2.24) is 4.90 Å². The molecule has 0 saturated carbocycles. The van der Waals surface area contributed by atoms with E-state index in [0.717, 1.165) is 32.1 Å². The molecule has 0 N–H and O–H groups in total. The van der Waals surface area contributed by atoms with Crippen LogP contribution in [0.2, 0.25) is 0 Å². The summed E-state index contributed by atoms with van der Waals surface area (Å²) >= 11 is 0. The summed E-state index contributed by atoms with van der Waals surface area (Å²) in [4.78, 5) is 55.4. The van der Waals surface area contributed by atoms with Gasteiger partial charge < -0.3 is 23.7 Å². The lowest BCUT2D eigenvalue weighted by Gasteiger charge is -2.51. The monoisotopic (exact) mass is 625 g/mol. The van der Waals surface area contributed by atoms with E-state index in [4.69, 9.17) is 23.7 Å². The quantitative estimate of drug-likeness (QED) is 0.241. The number of esters is 4. The summed E-state index contributed by atoms with van der Waals surface area (Å²) < 4.78 is 30.9. The number of rotatable bonds is 8. The highest BCUT2D eigenvalue weighted by Gasteiger charge is 2.56. The molecule has 0 bridgehead atoms. The van der Waals surface area contributed by atoms with Gasteiger partial charge in [0.05, 0.1) is 21.7 Å². The van der Waals surface area contributed by atoms with Gasteiger partial charge in [-0.3, -0.25) is 24.1 Å². The molecule has 2 aliphatic heterocycles. The van der Waals surface area contributed by atoms with Crippen LogP contribution in [0.1, 0.15) is 122 Å². The first-order valence-corrected chi connectivity index (χ1v) is 16.2. The molecule has 254 valence electrons. The molecule has 0 aliphatic carbocycles. The van der Waals surface area contributed by atoms with Gasteiger partial charge in [-0.05, 0) is 102 Å². The van der Waals surface area contributed by atoms with Crippen molar-refractivity contribution in [2.45, 2.75) is 159 Å².